The van der Waals surface area contributed by atoms with E-state index in [9.17, 15) is 4.79 Å². The van der Waals surface area contributed by atoms with Gasteiger partial charge in [-0.1, -0.05) is 36.4 Å². The van der Waals surface area contributed by atoms with Crippen LogP contribution < -0.4 is 5.32 Å². The van der Waals surface area contributed by atoms with Crippen molar-refractivity contribution in [2.24, 2.45) is 7.05 Å². The van der Waals surface area contributed by atoms with Gasteiger partial charge in [-0.3, -0.25) is 13.9 Å². The van der Waals surface area contributed by atoms with Gasteiger partial charge >= 0.3 is 0 Å². The maximum atomic E-state index is 13.0. The van der Waals surface area contributed by atoms with Crippen LogP contribution in [0.15, 0.2) is 60.8 Å². The third-order valence-corrected chi connectivity index (χ3v) is 5.39. The quantitative estimate of drug-likeness (QED) is 0.509. The Balaban J connectivity index is 1.60. The zero-order chi connectivity index (χ0) is 20.2. The van der Waals surface area contributed by atoms with Crippen molar-refractivity contribution >= 4 is 23.3 Å². The van der Waals surface area contributed by atoms with Gasteiger partial charge in [0.15, 0.2) is 17.2 Å². The summed E-state index contributed by atoms with van der Waals surface area (Å²) in [6.07, 6.45) is 4.71. The molecule has 8 heteroatoms. The molecule has 0 aliphatic rings. The number of rotatable bonds is 7. The second kappa shape index (κ2) is 8.48. The van der Waals surface area contributed by atoms with E-state index >= 15 is 0 Å². The number of benzene rings is 1. The molecule has 4 aromatic rings. The van der Waals surface area contributed by atoms with E-state index < -0.39 is 0 Å². The van der Waals surface area contributed by atoms with Crippen molar-refractivity contribution < 1.29 is 4.79 Å². The maximum Gasteiger partial charge on any atom is 0.272 e. The Morgan fingerprint density at radius 2 is 1.93 bits per heavy atom. The van der Waals surface area contributed by atoms with E-state index in [2.05, 4.69) is 20.6 Å². The van der Waals surface area contributed by atoms with Crippen LogP contribution in [0.1, 0.15) is 28.8 Å². The SMILES string of the molecule is CSCC[C@H](NC(=O)c1cc(-c2ccccc2)n(C)n1)c1nnc2ccccn12. The number of hydrogen-bond donors (Lipinski definition) is 1. The summed E-state index contributed by atoms with van der Waals surface area (Å²) in [5, 5.41) is 16.1. The van der Waals surface area contributed by atoms with E-state index in [0.717, 1.165) is 34.9 Å². The van der Waals surface area contributed by atoms with Crippen LogP contribution >= 0.6 is 11.8 Å². The van der Waals surface area contributed by atoms with Crippen molar-refractivity contribution in [1.29, 1.82) is 0 Å². The van der Waals surface area contributed by atoms with Gasteiger partial charge < -0.3 is 5.32 Å². The summed E-state index contributed by atoms with van der Waals surface area (Å²) < 4.78 is 3.65. The topological polar surface area (TPSA) is 77.1 Å². The molecule has 0 saturated carbocycles. The molecule has 0 aliphatic heterocycles. The lowest BCUT2D eigenvalue weighted by Crippen LogP contribution is -2.30. The van der Waals surface area contributed by atoms with Crippen LogP contribution in [0.25, 0.3) is 16.9 Å². The molecule has 0 aliphatic carbocycles. The molecule has 148 valence electrons. The van der Waals surface area contributed by atoms with E-state index in [1.807, 2.05) is 78.5 Å². The van der Waals surface area contributed by atoms with Gasteiger partial charge in [0.2, 0.25) is 0 Å². The van der Waals surface area contributed by atoms with Gasteiger partial charge in [-0.2, -0.15) is 16.9 Å². The molecule has 4 rings (SSSR count). The van der Waals surface area contributed by atoms with E-state index in [-0.39, 0.29) is 11.9 Å². The Labute approximate surface area is 173 Å². The van der Waals surface area contributed by atoms with E-state index in [1.165, 1.54) is 0 Å². The van der Waals surface area contributed by atoms with Crippen molar-refractivity contribution in [3.8, 4) is 11.3 Å². The lowest BCUT2D eigenvalue weighted by Gasteiger charge is -2.16. The van der Waals surface area contributed by atoms with Crippen LogP contribution in [0.5, 0.6) is 0 Å². The van der Waals surface area contributed by atoms with E-state index in [4.69, 9.17) is 0 Å². The Kier molecular flexibility index (Phi) is 5.62. The van der Waals surface area contributed by atoms with Gasteiger partial charge in [-0.25, -0.2) is 0 Å². The first-order valence-electron chi connectivity index (χ1n) is 9.36. The Bertz CT molecular complexity index is 1120. The second-order valence-corrected chi connectivity index (χ2v) is 7.68. The molecule has 1 atom stereocenters. The summed E-state index contributed by atoms with van der Waals surface area (Å²) in [4.78, 5) is 13.0. The molecule has 3 heterocycles. The lowest BCUT2D eigenvalue weighted by atomic mass is 10.1. The molecule has 29 heavy (non-hydrogen) atoms. The third-order valence-electron chi connectivity index (χ3n) is 4.75. The zero-order valence-corrected chi connectivity index (χ0v) is 17.1. The van der Waals surface area contributed by atoms with Gasteiger partial charge in [0.1, 0.15) is 0 Å². The number of amides is 1. The van der Waals surface area contributed by atoms with Gasteiger partial charge in [0.25, 0.3) is 5.91 Å². The fraction of sp³-hybridized carbons (Fsp3) is 0.238. The van der Waals surface area contributed by atoms with Crippen molar-refractivity contribution in [3.63, 3.8) is 0 Å². The average Bonchev–Trinajstić information content (AvgIpc) is 3.35. The fourth-order valence-electron chi connectivity index (χ4n) is 3.29. The predicted octanol–water partition coefficient (Wildman–Crippen LogP) is 3.35. The molecule has 1 N–H and O–H groups in total. The monoisotopic (exact) mass is 406 g/mol. The standard InChI is InChI=1S/C21H22N6OS/c1-26-18(15-8-4-3-5-9-15)14-17(25-26)21(28)22-16(11-13-29-2)20-24-23-19-10-6-7-12-27(19)20/h3-10,12,14,16H,11,13H2,1-2H3,(H,22,28)/t16-/m0/s1. The first-order chi connectivity index (χ1) is 14.2. The van der Waals surface area contributed by atoms with Gasteiger partial charge in [0, 0.05) is 13.2 Å². The minimum atomic E-state index is -0.255. The largest absolute Gasteiger partial charge is 0.341 e. The zero-order valence-electron chi connectivity index (χ0n) is 16.3. The molecule has 1 amide bonds. The molecule has 3 aromatic heterocycles. The molecule has 0 bridgehead atoms. The number of nitrogens with zero attached hydrogens (tertiary/aromatic N) is 5. The van der Waals surface area contributed by atoms with Gasteiger partial charge in [0.05, 0.1) is 11.7 Å². The number of aryl methyl sites for hydroxylation is 1. The van der Waals surface area contributed by atoms with Crippen molar-refractivity contribution in [1.82, 2.24) is 29.7 Å². The smallest absolute Gasteiger partial charge is 0.272 e. The third kappa shape index (κ3) is 4.02. The summed E-state index contributed by atoms with van der Waals surface area (Å²) in [6, 6.07) is 17.2. The highest BCUT2D eigenvalue weighted by Crippen LogP contribution is 2.22. The average molecular weight is 407 g/mol. The van der Waals surface area contributed by atoms with Gasteiger partial charge in [-0.05, 0) is 42.2 Å². The van der Waals surface area contributed by atoms with Crippen molar-refractivity contribution in [2.75, 3.05) is 12.0 Å². The molecular weight excluding hydrogens is 384 g/mol. The molecule has 0 unspecified atom stereocenters. The lowest BCUT2D eigenvalue weighted by molar-refractivity contribution is 0.0928. The maximum absolute atomic E-state index is 13.0. The number of hydrogen-bond acceptors (Lipinski definition) is 5. The molecule has 0 spiro atoms. The Morgan fingerprint density at radius 3 is 2.72 bits per heavy atom. The molecule has 0 radical (unpaired) electrons. The normalized spacial score (nSPS) is 12.2. The molecule has 0 fully saturated rings. The van der Waals surface area contributed by atoms with Crippen molar-refractivity contribution in [2.45, 2.75) is 12.5 Å². The molecule has 7 nitrogen and oxygen atoms in total. The fourth-order valence-corrected chi connectivity index (χ4v) is 3.76. The summed E-state index contributed by atoms with van der Waals surface area (Å²) in [5.41, 5.74) is 3.05. The van der Waals surface area contributed by atoms with Crippen LogP contribution in [-0.2, 0) is 7.05 Å². The molecule has 1 aromatic carbocycles. The first-order valence-corrected chi connectivity index (χ1v) is 10.8. The number of fused-ring (bicyclic) bond motifs is 1. The highest BCUT2D eigenvalue weighted by atomic mass is 32.2. The second-order valence-electron chi connectivity index (χ2n) is 6.70. The summed E-state index contributed by atoms with van der Waals surface area (Å²) in [7, 11) is 1.84. The summed E-state index contributed by atoms with van der Waals surface area (Å²) in [5.74, 6) is 1.40. The van der Waals surface area contributed by atoms with Crippen molar-refractivity contribution in [3.05, 3.63) is 72.3 Å². The number of thioether (sulfide) groups is 1. The van der Waals surface area contributed by atoms with Gasteiger partial charge in [-0.15, -0.1) is 10.2 Å². The summed E-state index contributed by atoms with van der Waals surface area (Å²) >= 11 is 1.73. The number of aromatic nitrogens is 5. The van der Waals surface area contributed by atoms with E-state index in [1.54, 1.807) is 16.4 Å². The number of carbonyl (C=O) groups excluding carboxylic acids is 1. The molecule has 0 saturated heterocycles. The van der Waals surface area contributed by atoms with Crippen LogP contribution in [-0.4, -0.2) is 42.3 Å². The highest BCUT2D eigenvalue weighted by molar-refractivity contribution is 7.98. The molecular formula is C21H22N6OS. The highest BCUT2D eigenvalue weighted by Gasteiger charge is 2.22. The van der Waals surface area contributed by atoms with Crippen LogP contribution in [0.2, 0.25) is 0 Å². The Morgan fingerprint density at radius 1 is 1.14 bits per heavy atom. The minimum absolute atomic E-state index is 0.221. The number of carbonyl (C=O) groups is 1. The Hall–Kier alpha value is -3.13. The van der Waals surface area contributed by atoms with Crippen LogP contribution in [0, 0.1) is 0 Å². The number of nitrogens with one attached hydrogen (secondary N) is 1. The minimum Gasteiger partial charge on any atom is -0.341 e. The number of pyridine rings is 1. The predicted molar refractivity (Wildman–Crippen MR) is 115 cm³/mol. The first kappa shape index (κ1) is 19.2. The van der Waals surface area contributed by atoms with Crippen LogP contribution in [0.4, 0.5) is 0 Å². The van der Waals surface area contributed by atoms with Crippen LogP contribution in [0.3, 0.4) is 0 Å². The summed E-state index contributed by atoms with van der Waals surface area (Å²) in [6.45, 7) is 0. The van der Waals surface area contributed by atoms with E-state index in [0.29, 0.717) is 5.69 Å².